The van der Waals surface area contributed by atoms with Gasteiger partial charge in [-0.2, -0.15) is 0 Å². The molecule has 0 saturated carbocycles. The van der Waals surface area contributed by atoms with Gasteiger partial charge in [0, 0.05) is 19.3 Å². The molecule has 0 aromatic carbocycles. The van der Waals surface area contributed by atoms with Crippen molar-refractivity contribution in [1.82, 2.24) is 0 Å². The van der Waals surface area contributed by atoms with Crippen LogP contribution in [0.15, 0.2) is 97.2 Å². The summed E-state index contributed by atoms with van der Waals surface area (Å²) >= 11 is 0. The van der Waals surface area contributed by atoms with Crippen molar-refractivity contribution in [1.29, 1.82) is 0 Å². The Kier molecular flexibility index (Phi) is 60.8. The molecule has 0 spiro atoms. The van der Waals surface area contributed by atoms with E-state index in [1.807, 2.05) is 0 Å². The fraction of sp³-hybridized carbons (Fsp3) is 0.729. The molecule has 0 bridgehead atoms. The summed E-state index contributed by atoms with van der Waals surface area (Å²) in [5.74, 6) is -0.903. The number of unbranched alkanes of at least 4 members (excludes halogenated alkanes) is 31. The first kappa shape index (κ1) is 72.3. The fourth-order valence-corrected chi connectivity index (χ4v) is 9.02. The number of allylic oxidation sites excluding steroid dienone is 16. The van der Waals surface area contributed by atoms with E-state index in [4.69, 9.17) is 14.2 Å². The van der Waals surface area contributed by atoms with Crippen LogP contribution < -0.4 is 0 Å². The maximum atomic E-state index is 12.9. The number of carbonyl (C=O) groups is 3. The zero-order valence-corrected chi connectivity index (χ0v) is 50.0. The van der Waals surface area contributed by atoms with Crippen LogP contribution in [0.4, 0.5) is 0 Å². The van der Waals surface area contributed by atoms with Crippen molar-refractivity contribution in [3.8, 4) is 0 Å². The molecule has 0 amide bonds. The van der Waals surface area contributed by atoms with E-state index in [2.05, 4.69) is 118 Å². The van der Waals surface area contributed by atoms with E-state index in [9.17, 15) is 14.4 Å². The van der Waals surface area contributed by atoms with Crippen LogP contribution in [0.25, 0.3) is 0 Å². The Morgan fingerprint density at radius 2 is 0.539 bits per heavy atom. The second kappa shape index (κ2) is 63.9. The minimum atomic E-state index is -0.790. The molecule has 0 rings (SSSR count). The zero-order valence-electron chi connectivity index (χ0n) is 50.0. The van der Waals surface area contributed by atoms with E-state index in [1.165, 1.54) is 128 Å². The molecule has 0 N–H and O–H groups in total. The Labute approximate surface area is 470 Å². The first-order valence-electron chi connectivity index (χ1n) is 32.2. The van der Waals surface area contributed by atoms with Gasteiger partial charge in [0.2, 0.25) is 0 Å². The van der Waals surface area contributed by atoms with E-state index in [0.29, 0.717) is 19.3 Å². The van der Waals surface area contributed by atoms with Gasteiger partial charge in [-0.3, -0.25) is 14.4 Å². The van der Waals surface area contributed by atoms with Crippen LogP contribution in [0.5, 0.6) is 0 Å². The number of ether oxygens (including phenoxy) is 3. The molecule has 1 atom stereocenters. The first-order valence-corrected chi connectivity index (χ1v) is 32.2. The lowest BCUT2D eigenvalue weighted by molar-refractivity contribution is -0.167. The molecule has 436 valence electrons. The molecule has 6 nitrogen and oxygen atoms in total. The fourth-order valence-electron chi connectivity index (χ4n) is 9.02. The van der Waals surface area contributed by atoms with Crippen LogP contribution >= 0.6 is 0 Å². The molecule has 0 fully saturated rings. The van der Waals surface area contributed by atoms with Crippen molar-refractivity contribution in [3.63, 3.8) is 0 Å². The predicted octanol–water partition coefficient (Wildman–Crippen LogP) is 22.0. The normalized spacial score (nSPS) is 12.7. The second-order valence-corrected chi connectivity index (χ2v) is 21.3. The van der Waals surface area contributed by atoms with Gasteiger partial charge >= 0.3 is 17.9 Å². The molecule has 0 aromatic heterocycles. The molecule has 1 unspecified atom stereocenters. The van der Waals surface area contributed by atoms with Crippen molar-refractivity contribution in [2.24, 2.45) is 0 Å². The molecule has 0 heterocycles. The lowest BCUT2D eigenvalue weighted by Crippen LogP contribution is -2.30. The average molecular weight is 1060 g/mol. The lowest BCUT2D eigenvalue weighted by Gasteiger charge is -2.18. The molecule has 0 aromatic rings. The third-order valence-electron chi connectivity index (χ3n) is 13.8. The van der Waals surface area contributed by atoms with Gasteiger partial charge in [0.25, 0.3) is 0 Å². The predicted molar refractivity (Wildman–Crippen MR) is 330 cm³/mol. The minimum Gasteiger partial charge on any atom is -0.462 e. The summed E-state index contributed by atoms with van der Waals surface area (Å²) in [5, 5.41) is 0. The van der Waals surface area contributed by atoms with Crippen LogP contribution in [-0.4, -0.2) is 37.2 Å². The first-order chi connectivity index (χ1) is 37.5. The molecule has 0 aliphatic heterocycles. The van der Waals surface area contributed by atoms with Gasteiger partial charge in [-0.05, 0) is 96.3 Å². The molecule has 0 saturated heterocycles. The second-order valence-electron chi connectivity index (χ2n) is 21.3. The highest BCUT2D eigenvalue weighted by atomic mass is 16.6. The van der Waals surface area contributed by atoms with E-state index in [1.54, 1.807) is 0 Å². The van der Waals surface area contributed by atoms with Crippen LogP contribution in [0.1, 0.15) is 310 Å². The summed E-state index contributed by atoms with van der Waals surface area (Å²) in [6.45, 7) is 6.47. The van der Waals surface area contributed by atoms with Gasteiger partial charge in [-0.25, -0.2) is 0 Å². The Bertz CT molecular complexity index is 1490. The van der Waals surface area contributed by atoms with Gasteiger partial charge in [-0.1, -0.05) is 291 Å². The van der Waals surface area contributed by atoms with Crippen LogP contribution in [-0.2, 0) is 28.6 Å². The Balaban J connectivity index is 4.36. The number of rotatable bonds is 58. The molecular weight excluding hydrogens is 937 g/mol. The SMILES string of the molecule is CC/C=C\C/C=C\C/C=C\C/C=C\C/C=C\C/C=C\CCCCCCCCC(=O)OCC(COC(=O)CCCCCCC/C=C\C/C=C\CCC)OC(=O)CCCCCCCCCCCCCCCCCCCCCC. The molecule has 0 aliphatic carbocycles. The molecular formula is C70H120O6. The van der Waals surface area contributed by atoms with Crippen LogP contribution in [0.2, 0.25) is 0 Å². The third-order valence-corrected chi connectivity index (χ3v) is 13.8. The summed E-state index contributed by atoms with van der Waals surface area (Å²) < 4.78 is 16.9. The summed E-state index contributed by atoms with van der Waals surface area (Å²) in [6.07, 6.45) is 85.5. The maximum absolute atomic E-state index is 12.9. The third kappa shape index (κ3) is 61.2. The largest absolute Gasteiger partial charge is 0.462 e. The van der Waals surface area contributed by atoms with Crippen molar-refractivity contribution in [3.05, 3.63) is 97.2 Å². The number of carbonyl (C=O) groups excluding carboxylic acids is 3. The Hall–Kier alpha value is -3.67. The molecule has 0 radical (unpaired) electrons. The maximum Gasteiger partial charge on any atom is 0.306 e. The number of esters is 3. The van der Waals surface area contributed by atoms with Gasteiger partial charge in [0.1, 0.15) is 13.2 Å². The summed E-state index contributed by atoms with van der Waals surface area (Å²) in [7, 11) is 0. The number of hydrogen-bond acceptors (Lipinski definition) is 6. The summed E-state index contributed by atoms with van der Waals surface area (Å²) in [5.41, 5.74) is 0. The highest BCUT2D eigenvalue weighted by Gasteiger charge is 2.19. The van der Waals surface area contributed by atoms with Crippen LogP contribution in [0, 0.1) is 0 Å². The van der Waals surface area contributed by atoms with Crippen molar-refractivity contribution in [2.45, 2.75) is 316 Å². The monoisotopic (exact) mass is 1060 g/mol. The van der Waals surface area contributed by atoms with E-state index in [-0.39, 0.29) is 31.1 Å². The van der Waals surface area contributed by atoms with Gasteiger partial charge in [0.05, 0.1) is 0 Å². The smallest absolute Gasteiger partial charge is 0.306 e. The zero-order chi connectivity index (χ0) is 55.0. The highest BCUT2D eigenvalue weighted by Crippen LogP contribution is 2.17. The average Bonchev–Trinajstić information content (AvgIpc) is 3.42. The molecule has 76 heavy (non-hydrogen) atoms. The van der Waals surface area contributed by atoms with E-state index in [0.717, 1.165) is 141 Å². The Morgan fingerprint density at radius 1 is 0.276 bits per heavy atom. The molecule has 0 aliphatic rings. The Morgan fingerprint density at radius 3 is 0.855 bits per heavy atom. The lowest BCUT2D eigenvalue weighted by atomic mass is 10.0. The van der Waals surface area contributed by atoms with Crippen molar-refractivity contribution >= 4 is 17.9 Å². The summed E-state index contributed by atoms with van der Waals surface area (Å²) in [4.78, 5) is 38.3. The highest BCUT2D eigenvalue weighted by molar-refractivity contribution is 5.71. The van der Waals surface area contributed by atoms with Crippen molar-refractivity contribution < 1.29 is 28.6 Å². The standard InChI is InChI=1S/C70H120O6/c1-4-7-10-13-16-19-22-25-27-29-31-33-34-35-36-37-39-40-42-45-48-51-54-57-60-63-69(72)75-66-67(65-74-68(71)62-59-56-53-50-47-44-24-21-18-15-12-9-6-3)76-70(73)64-61-58-55-52-49-46-43-41-38-32-30-28-26-23-20-17-14-11-8-5-2/h7,10,12,15-16,19,21,24-25,27,31,33,35-36,39-40,67H,4-6,8-9,11,13-14,17-18,20,22-23,26,28-30,32,34,37-38,41-66H2,1-3H3/b10-7-,15-12-,19-16-,24-21-,27-25-,33-31-,36-35-,40-39-. The van der Waals surface area contributed by atoms with Crippen LogP contribution in [0.3, 0.4) is 0 Å². The number of hydrogen-bond donors (Lipinski definition) is 0. The summed E-state index contributed by atoms with van der Waals surface area (Å²) in [6, 6.07) is 0. The quantitative estimate of drug-likeness (QED) is 0.0261. The van der Waals surface area contributed by atoms with Gasteiger partial charge < -0.3 is 14.2 Å². The van der Waals surface area contributed by atoms with E-state index < -0.39 is 6.10 Å². The van der Waals surface area contributed by atoms with Gasteiger partial charge in [-0.15, -0.1) is 0 Å². The van der Waals surface area contributed by atoms with E-state index >= 15 is 0 Å². The molecule has 6 heteroatoms. The van der Waals surface area contributed by atoms with Gasteiger partial charge in [0.15, 0.2) is 6.10 Å². The topological polar surface area (TPSA) is 78.9 Å². The van der Waals surface area contributed by atoms with Crippen molar-refractivity contribution in [2.75, 3.05) is 13.2 Å². The minimum absolute atomic E-state index is 0.0877.